The number of hydrogen-bond acceptors (Lipinski definition) is 3. The number of methoxy groups -OCH3 is 1. The Labute approximate surface area is 94.5 Å². The van der Waals surface area contributed by atoms with Crippen LogP contribution in [-0.2, 0) is 10.4 Å². The lowest BCUT2D eigenvalue weighted by Crippen LogP contribution is -2.23. The Hall–Kier alpha value is -1.55. The quantitative estimate of drug-likeness (QED) is 0.799. The Balaban J connectivity index is 2.92. The van der Waals surface area contributed by atoms with E-state index in [4.69, 9.17) is 9.84 Å². The SMILES string of the molecule is COc1ccccc1C(C)(O)CCC(=O)O. The molecule has 0 fully saturated rings. The Kier molecular flexibility index (Phi) is 3.90. The van der Waals surface area contributed by atoms with Crippen LogP contribution in [0.2, 0.25) is 0 Å². The zero-order chi connectivity index (χ0) is 12.2. The zero-order valence-electron chi connectivity index (χ0n) is 9.43. The van der Waals surface area contributed by atoms with Crippen molar-refractivity contribution in [1.29, 1.82) is 0 Å². The average molecular weight is 224 g/mol. The van der Waals surface area contributed by atoms with Gasteiger partial charge in [-0.2, -0.15) is 0 Å². The van der Waals surface area contributed by atoms with Crippen molar-refractivity contribution in [3.8, 4) is 5.75 Å². The van der Waals surface area contributed by atoms with Crippen molar-refractivity contribution in [3.63, 3.8) is 0 Å². The standard InChI is InChI=1S/C12H16O4/c1-12(15,8-7-11(13)14)9-5-3-4-6-10(9)16-2/h3-6,15H,7-8H2,1-2H3,(H,13,14). The molecule has 1 aromatic rings. The largest absolute Gasteiger partial charge is 0.496 e. The first-order valence-corrected chi connectivity index (χ1v) is 5.05. The van der Waals surface area contributed by atoms with Gasteiger partial charge in [-0.25, -0.2) is 0 Å². The van der Waals surface area contributed by atoms with Gasteiger partial charge >= 0.3 is 5.97 Å². The van der Waals surface area contributed by atoms with Crippen LogP contribution in [0.1, 0.15) is 25.3 Å². The van der Waals surface area contributed by atoms with Gasteiger partial charge in [-0.05, 0) is 19.4 Å². The van der Waals surface area contributed by atoms with Crippen molar-refractivity contribution in [2.45, 2.75) is 25.4 Å². The van der Waals surface area contributed by atoms with Crippen LogP contribution in [0.3, 0.4) is 0 Å². The number of carboxylic acids is 1. The van der Waals surface area contributed by atoms with Crippen molar-refractivity contribution < 1.29 is 19.7 Å². The van der Waals surface area contributed by atoms with Gasteiger partial charge in [0, 0.05) is 12.0 Å². The first-order chi connectivity index (χ1) is 7.47. The second-order valence-corrected chi connectivity index (χ2v) is 3.87. The lowest BCUT2D eigenvalue weighted by atomic mass is 9.90. The third-order valence-corrected chi connectivity index (χ3v) is 2.51. The molecule has 2 N–H and O–H groups in total. The highest BCUT2D eigenvalue weighted by atomic mass is 16.5. The Morgan fingerprint density at radius 2 is 2.06 bits per heavy atom. The number of carbonyl (C=O) groups is 1. The molecular formula is C12H16O4. The molecule has 16 heavy (non-hydrogen) atoms. The van der Waals surface area contributed by atoms with Gasteiger partial charge in [-0.15, -0.1) is 0 Å². The molecule has 0 saturated heterocycles. The highest BCUT2D eigenvalue weighted by Crippen LogP contribution is 2.32. The highest BCUT2D eigenvalue weighted by molar-refractivity contribution is 5.66. The van der Waals surface area contributed by atoms with Crippen LogP contribution in [0.5, 0.6) is 5.75 Å². The second kappa shape index (κ2) is 4.99. The van der Waals surface area contributed by atoms with E-state index in [0.29, 0.717) is 11.3 Å². The zero-order valence-corrected chi connectivity index (χ0v) is 9.43. The van der Waals surface area contributed by atoms with Crippen LogP contribution in [-0.4, -0.2) is 23.3 Å². The first-order valence-electron chi connectivity index (χ1n) is 5.05. The number of ether oxygens (including phenoxy) is 1. The van der Waals surface area contributed by atoms with Crippen LogP contribution >= 0.6 is 0 Å². The van der Waals surface area contributed by atoms with Crippen LogP contribution in [0.25, 0.3) is 0 Å². The number of benzene rings is 1. The molecule has 0 spiro atoms. The lowest BCUT2D eigenvalue weighted by molar-refractivity contribution is -0.138. The van der Waals surface area contributed by atoms with E-state index < -0.39 is 11.6 Å². The molecular weight excluding hydrogens is 208 g/mol. The van der Waals surface area contributed by atoms with Gasteiger partial charge < -0.3 is 14.9 Å². The summed E-state index contributed by atoms with van der Waals surface area (Å²) in [7, 11) is 1.52. The number of aliphatic hydroxyl groups is 1. The fraction of sp³-hybridized carbons (Fsp3) is 0.417. The van der Waals surface area contributed by atoms with Crippen LogP contribution in [0.4, 0.5) is 0 Å². The lowest BCUT2D eigenvalue weighted by Gasteiger charge is -2.25. The number of para-hydroxylation sites is 1. The minimum atomic E-state index is -1.19. The van der Waals surface area contributed by atoms with E-state index in [2.05, 4.69) is 0 Å². The van der Waals surface area contributed by atoms with Crippen LogP contribution < -0.4 is 4.74 Å². The van der Waals surface area contributed by atoms with Gasteiger partial charge in [0.1, 0.15) is 5.75 Å². The smallest absolute Gasteiger partial charge is 0.303 e. The van der Waals surface area contributed by atoms with Gasteiger partial charge in [-0.3, -0.25) is 4.79 Å². The summed E-state index contributed by atoms with van der Waals surface area (Å²) < 4.78 is 5.13. The first kappa shape index (κ1) is 12.5. The number of aliphatic carboxylic acids is 1. The molecule has 1 unspecified atom stereocenters. The van der Waals surface area contributed by atoms with E-state index in [1.54, 1.807) is 31.2 Å². The van der Waals surface area contributed by atoms with Crippen molar-refractivity contribution >= 4 is 5.97 Å². The average Bonchev–Trinajstić information content (AvgIpc) is 2.26. The minimum absolute atomic E-state index is 0.0783. The van der Waals surface area contributed by atoms with Gasteiger partial charge in [0.2, 0.25) is 0 Å². The molecule has 4 nitrogen and oxygen atoms in total. The summed E-state index contributed by atoms with van der Waals surface area (Å²) in [5.41, 5.74) is -0.580. The van der Waals surface area contributed by atoms with Gasteiger partial charge in [0.05, 0.1) is 12.7 Å². The molecule has 0 radical (unpaired) electrons. The molecule has 4 heteroatoms. The molecule has 0 saturated carbocycles. The van der Waals surface area contributed by atoms with Crippen molar-refractivity contribution in [3.05, 3.63) is 29.8 Å². The maximum Gasteiger partial charge on any atom is 0.303 e. The van der Waals surface area contributed by atoms with E-state index in [1.165, 1.54) is 7.11 Å². The fourth-order valence-corrected chi connectivity index (χ4v) is 1.57. The molecule has 0 bridgehead atoms. The molecule has 0 aliphatic carbocycles. The van der Waals surface area contributed by atoms with Gasteiger partial charge in [0.25, 0.3) is 0 Å². The topological polar surface area (TPSA) is 66.8 Å². The summed E-state index contributed by atoms with van der Waals surface area (Å²) in [5, 5.41) is 18.8. The Bertz CT molecular complexity index is 371. The van der Waals surface area contributed by atoms with E-state index in [-0.39, 0.29) is 12.8 Å². The molecule has 88 valence electrons. The van der Waals surface area contributed by atoms with Gasteiger partial charge in [0.15, 0.2) is 0 Å². The maximum atomic E-state index is 10.5. The molecule has 0 aromatic heterocycles. The van der Waals surface area contributed by atoms with E-state index in [0.717, 1.165) is 0 Å². The predicted molar refractivity (Wildman–Crippen MR) is 59.4 cm³/mol. The normalized spacial score (nSPS) is 14.2. The molecule has 1 aromatic carbocycles. The van der Waals surface area contributed by atoms with E-state index >= 15 is 0 Å². The van der Waals surface area contributed by atoms with E-state index in [9.17, 15) is 9.90 Å². The Morgan fingerprint density at radius 3 is 2.62 bits per heavy atom. The van der Waals surface area contributed by atoms with Crippen LogP contribution in [0, 0.1) is 0 Å². The monoisotopic (exact) mass is 224 g/mol. The summed E-state index contributed by atoms with van der Waals surface area (Å²) in [6.45, 7) is 1.59. The summed E-state index contributed by atoms with van der Waals surface area (Å²) in [6, 6.07) is 7.06. The van der Waals surface area contributed by atoms with Crippen molar-refractivity contribution in [2.75, 3.05) is 7.11 Å². The molecule has 1 atom stereocenters. The number of carboxylic acid groups (broad SMARTS) is 1. The molecule has 0 aliphatic rings. The summed E-state index contributed by atoms with van der Waals surface area (Å²) >= 11 is 0. The summed E-state index contributed by atoms with van der Waals surface area (Å²) in [6.07, 6.45) is 0.0771. The fourth-order valence-electron chi connectivity index (χ4n) is 1.57. The molecule has 0 heterocycles. The summed E-state index contributed by atoms with van der Waals surface area (Å²) in [5.74, 6) is -0.354. The number of hydrogen-bond donors (Lipinski definition) is 2. The molecule has 0 amide bonds. The highest BCUT2D eigenvalue weighted by Gasteiger charge is 2.27. The maximum absolute atomic E-state index is 10.5. The Morgan fingerprint density at radius 1 is 1.44 bits per heavy atom. The van der Waals surface area contributed by atoms with Crippen molar-refractivity contribution in [2.24, 2.45) is 0 Å². The van der Waals surface area contributed by atoms with Gasteiger partial charge in [-0.1, -0.05) is 18.2 Å². The molecule has 1 rings (SSSR count). The third kappa shape index (κ3) is 2.97. The van der Waals surface area contributed by atoms with Crippen molar-refractivity contribution in [1.82, 2.24) is 0 Å². The molecule has 0 aliphatic heterocycles. The van der Waals surface area contributed by atoms with Crippen LogP contribution in [0.15, 0.2) is 24.3 Å². The minimum Gasteiger partial charge on any atom is -0.496 e. The third-order valence-electron chi connectivity index (χ3n) is 2.51. The predicted octanol–water partition coefficient (Wildman–Crippen LogP) is 1.77. The van der Waals surface area contributed by atoms with E-state index in [1.807, 2.05) is 0 Å². The summed E-state index contributed by atoms with van der Waals surface area (Å²) in [4.78, 5) is 10.5. The second-order valence-electron chi connectivity index (χ2n) is 3.87. The number of rotatable bonds is 5.